The van der Waals surface area contributed by atoms with E-state index in [-0.39, 0.29) is 43.9 Å². The van der Waals surface area contributed by atoms with Gasteiger partial charge in [-0.25, -0.2) is 13.6 Å². The number of aryl methyl sites for hydroxylation is 1. The minimum Gasteiger partial charge on any atom is -0.493 e. The van der Waals surface area contributed by atoms with Gasteiger partial charge >= 0.3 is 6.03 Å². The summed E-state index contributed by atoms with van der Waals surface area (Å²) in [5.74, 6) is -1.05. The maximum Gasteiger partial charge on any atom is 0.322 e. The number of nitrogens with zero attached hydrogens (tertiary/aromatic N) is 7. The number of carbonyl (C=O) groups is 4. The molecule has 15 nitrogen and oxygen atoms in total. The van der Waals surface area contributed by atoms with E-state index in [1.54, 1.807) is 60.1 Å². The van der Waals surface area contributed by atoms with E-state index in [0.29, 0.717) is 97.9 Å². The lowest BCUT2D eigenvalue weighted by Crippen LogP contribution is -2.61. The van der Waals surface area contributed by atoms with Gasteiger partial charge in [-0.2, -0.15) is 5.10 Å². The molecule has 4 amide bonds. The van der Waals surface area contributed by atoms with Crippen molar-refractivity contribution in [2.75, 3.05) is 76.4 Å². The summed E-state index contributed by atoms with van der Waals surface area (Å²) in [6.07, 6.45) is 1.23. The quantitative estimate of drug-likeness (QED) is 0.0931. The zero-order valence-corrected chi connectivity index (χ0v) is 36.4. The van der Waals surface area contributed by atoms with Crippen LogP contribution in [0, 0.1) is 0 Å². The summed E-state index contributed by atoms with van der Waals surface area (Å²) in [5.41, 5.74) is 3.66. The molecule has 2 saturated heterocycles. The predicted octanol–water partition coefficient (Wildman–Crippen LogP) is 6.34. The number of alkyl halides is 2. The number of carbonyl (C=O) groups excluding carboxylic acids is 4. The number of aldehydes is 1. The van der Waals surface area contributed by atoms with Gasteiger partial charge in [-0.15, -0.1) is 0 Å². The van der Waals surface area contributed by atoms with Crippen molar-refractivity contribution in [1.82, 2.24) is 29.8 Å². The van der Waals surface area contributed by atoms with Gasteiger partial charge in [0.25, 0.3) is 17.7 Å². The molecule has 1 N–H and O–H groups in total. The Morgan fingerprint density at radius 2 is 1.67 bits per heavy atom. The van der Waals surface area contributed by atoms with Gasteiger partial charge in [0.05, 0.1) is 55.2 Å². The van der Waals surface area contributed by atoms with Crippen LogP contribution in [0.25, 0.3) is 10.9 Å². The lowest BCUT2D eigenvalue weighted by Gasteiger charge is -2.46. The third kappa shape index (κ3) is 8.82. The van der Waals surface area contributed by atoms with Gasteiger partial charge in [0.15, 0.2) is 17.3 Å². The van der Waals surface area contributed by atoms with Crippen molar-refractivity contribution in [2.24, 2.45) is 7.05 Å². The molecule has 64 heavy (non-hydrogen) atoms. The van der Waals surface area contributed by atoms with Gasteiger partial charge < -0.3 is 29.2 Å². The van der Waals surface area contributed by atoms with Crippen LogP contribution in [0.2, 0.25) is 0 Å². The Morgan fingerprint density at radius 1 is 0.922 bits per heavy atom. The molecule has 1 unspecified atom stereocenters. The smallest absolute Gasteiger partial charge is 0.322 e. The van der Waals surface area contributed by atoms with Crippen molar-refractivity contribution in [1.29, 1.82) is 0 Å². The van der Waals surface area contributed by atoms with Gasteiger partial charge in [-0.3, -0.25) is 33.9 Å². The fraction of sp³-hybridized carbons (Fsp3) is 0.383. The number of anilines is 2. The number of likely N-dealkylation sites (tertiary alicyclic amines) is 1. The van der Waals surface area contributed by atoms with E-state index < -0.39 is 12.0 Å². The average molecular weight is 879 g/mol. The number of hydrogen-bond donors (Lipinski definition) is 1. The molecule has 3 aliphatic rings. The van der Waals surface area contributed by atoms with Crippen molar-refractivity contribution in [2.45, 2.75) is 44.8 Å². The summed E-state index contributed by atoms with van der Waals surface area (Å²) >= 11 is 0. The first kappa shape index (κ1) is 44.0. The number of hydrogen-bond acceptors (Lipinski definition) is 11. The van der Waals surface area contributed by atoms with Crippen LogP contribution < -0.4 is 29.3 Å². The molecule has 17 heteroatoms. The molecule has 2 fully saturated rings. The highest BCUT2D eigenvalue weighted by Gasteiger charge is 2.48. The number of fused-ring (bicyclic) bond motifs is 2. The van der Waals surface area contributed by atoms with Crippen molar-refractivity contribution >= 4 is 46.5 Å². The number of nitrogens with one attached hydrogen (secondary N) is 1. The van der Waals surface area contributed by atoms with Gasteiger partial charge in [0.1, 0.15) is 17.8 Å². The molecule has 4 aromatic carbocycles. The lowest BCUT2D eigenvalue weighted by molar-refractivity contribution is -0.129. The van der Waals surface area contributed by atoms with Gasteiger partial charge in [-0.1, -0.05) is 24.3 Å². The van der Waals surface area contributed by atoms with Crippen LogP contribution in [0.1, 0.15) is 51.6 Å². The molecule has 0 radical (unpaired) electrons. The Morgan fingerprint density at radius 3 is 2.38 bits per heavy atom. The molecule has 1 atom stereocenters. The van der Waals surface area contributed by atoms with E-state index >= 15 is 8.78 Å². The summed E-state index contributed by atoms with van der Waals surface area (Å²) in [6.45, 7) is 4.73. The number of halogens is 2. The number of piperazine rings is 1. The molecule has 5 aromatic rings. The van der Waals surface area contributed by atoms with Crippen molar-refractivity contribution in [3.63, 3.8) is 0 Å². The summed E-state index contributed by atoms with van der Waals surface area (Å²) in [4.78, 5) is 59.4. The number of amides is 4. The number of methoxy groups -OCH3 is 1. The second kappa shape index (κ2) is 18.6. The van der Waals surface area contributed by atoms with Crippen LogP contribution in [0.3, 0.4) is 0 Å². The Hall–Kier alpha value is -6.59. The van der Waals surface area contributed by atoms with Gasteiger partial charge in [0, 0.05) is 77.8 Å². The lowest BCUT2D eigenvalue weighted by atomic mass is 9.97. The van der Waals surface area contributed by atoms with Crippen LogP contribution in [0.5, 0.6) is 23.0 Å². The number of imide groups is 1. The number of urea groups is 1. The van der Waals surface area contributed by atoms with E-state index in [4.69, 9.17) is 14.2 Å². The van der Waals surface area contributed by atoms with Crippen LogP contribution in [0.4, 0.5) is 25.1 Å². The van der Waals surface area contributed by atoms with Crippen LogP contribution in [0.15, 0.2) is 78.9 Å². The number of rotatable bonds is 15. The first-order valence-corrected chi connectivity index (χ1v) is 21.5. The zero-order valence-electron chi connectivity index (χ0n) is 36.4. The molecular formula is C47H52F2N8O7. The summed E-state index contributed by atoms with van der Waals surface area (Å²) < 4.78 is 50.8. The fourth-order valence-corrected chi connectivity index (χ4v) is 9.01. The highest BCUT2D eigenvalue weighted by Crippen LogP contribution is 2.38. The van der Waals surface area contributed by atoms with E-state index in [9.17, 15) is 19.2 Å². The molecule has 336 valence electrons. The second-order valence-corrected chi connectivity index (χ2v) is 16.1. The molecule has 4 heterocycles. The molecule has 1 aromatic heterocycles. The highest BCUT2D eigenvalue weighted by atomic mass is 19.3. The number of piperidine rings is 1. The molecule has 8 rings (SSSR count). The predicted molar refractivity (Wildman–Crippen MR) is 237 cm³/mol. The zero-order chi connectivity index (χ0) is 45.1. The van der Waals surface area contributed by atoms with E-state index in [1.807, 2.05) is 59.2 Å². The highest BCUT2D eigenvalue weighted by molar-refractivity contribution is 6.23. The maximum absolute atomic E-state index is 16.0. The fourth-order valence-electron chi connectivity index (χ4n) is 9.01. The third-order valence-electron chi connectivity index (χ3n) is 12.1. The standard InChI is InChI=1S/C47H52F2N8O7/c1-5-63-40-26-32(12-17-39(40)62-4)29-57-44(59)36-8-6-9-37(42(36)45(57)60)54-21-23-55(24-22-54)41-18-20-53(30-47(41,48)49)28-31-10-13-33(14-11-31)64-34-15-16-35-38(27-34)52(3)51-43(35)56(19-7-25-58)46(61)50-2/h6,8-17,25-27,41H,5,7,18-24,28-30H2,1-4H3,(H,50,61). The Labute approximate surface area is 370 Å². The number of benzene rings is 4. The molecule has 3 aliphatic heterocycles. The Bertz CT molecular complexity index is 2540. The average Bonchev–Trinajstić information content (AvgIpc) is 3.74. The van der Waals surface area contributed by atoms with Crippen LogP contribution >= 0.6 is 0 Å². The summed E-state index contributed by atoms with van der Waals surface area (Å²) in [7, 11) is 4.84. The summed E-state index contributed by atoms with van der Waals surface area (Å²) in [6, 6.07) is 22.1. The molecule has 0 spiro atoms. The van der Waals surface area contributed by atoms with Crippen molar-refractivity contribution in [3.8, 4) is 23.0 Å². The maximum atomic E-state index is 16.0. The third-order valence-corrected chi connectivity index (χ3v) is 12.1. The minimum absolute atomic E-state index is 0.0675. The van der Waals surface area contributed by atoms with Crippen LogP contribution in [-0.4, -0.2) is 127 Å². The van der Waals surface area contributed by atoms with Gasteiger partial charge in [-0.05, 0) is 73.0 Å². The number of ether oxygens (including phenoxy) is 3. The normalized spacial score (nSPS) is 17.7. The van der Waals surface area contributed by atoms with E-state index in [0.717, 1.165) is 28.3 Å². The van der Waals surface area contributed by atoms with Crippen molar-refractivity contribution < 1.29 is 42.2 Å². The van der Waals surface area contributed by atoms with E-state index in [1.165, 1.54) is 16.8 Å². The summed E-state index contributed by atoms with van der Waals surface area (Å²) in [5, 5.41) is 7.86. The van der Waals surface area contributed by atoms with Gasteiger partial charge in [0.2, 0.25) is 0 Å². The second-order valence-electron chi connectivity index (χ2n) is 16.1. The first-order chi connectivity index (χ1) is 30.9. The Kier molecular flexibility index (Phi) is 12.8. The van der Waals surface area contributed by atoms with E-state index in [2.05, 4.69) is 10.4 Å². The van der Waals surface area contributed by atoms with Crippen molar-refractivity contribution in [3.05, 3.63) is 101 Å². The topological polar surface area (TPSA) is 142 Å². The first-order valence-electron chi connectivity index (χ1n) is 21.5. The molecular weight excluding hydrogens is 827 g/mol. The minimum atomic E-state index is -2.94. The molecule has 0 saturated carbocycles. The van der Waals surface area contributed by atoms with Crippen LogP contribution in [-0.2, 0) is 24.9 Å². The molecule has 0 aliphatic carbocycles. The monoisotopic (exact) mass is 878 g/mol. The molecule has 0 bridgehead atoms. The Balaban J connectivity index is 0.853. The largest absolute Gasteiger partial charge is 0.493 e. The SMILES string of the molecule is CCOc1cc(CN2C(=O)c3cccc(N4CCN(C5CCN(Cc6ccc(Oc7ccc8c(N(CCC=O)C(=O)NC)nn(C)c8c7)cc6)CC5(F)F)CC4)c3C2=O)ccc1OC. The number of aromatic nitrogens is 2.